The molecule has 1 saturated heterocycles. The highest BCUT2D eigenvalue weighted by molar-refractivity contribution is 7.19. The van der Waals surface area contributed by atoms with E-state index in [1.807, 2.05) is 23.5 Å². The second kappa shape index (κ2) is 7.26. The van der Waals surface area contributed by atoms with Crippen molar-refractivity contribution in [3.63, 3.8) is 0 Å². The summed E-state index contributed by atoms with van der Waals surface area (Å²) >= 11 is 1.95. The van der Waals surface area contributed by atoms with Gasteiger partial charge in [-0.25, -0.2) is 0 Å². The van der Waals surface area contributed by atoms with E-state index < -0.39 is 0 Å². The minimum Gasteiger partial charge on any atom is -0.366 e. The number of piperidine rings is 1. The fraction of sp³-hybridized carbons (Fsp3) is 0.400. The number of amides is 1. The summed E-state index contributed by atoms with van der Waals surface area (Å²) < 4.78 is 1.38. The smallest absolute Gasteiger partial charge is 0.248 e. The molecule has 150 valence electrons. The molecular weight excluding hydrogens is 376 g/mol. The average molecular weight is 405 g/mol. The Balaban J connectivity index is 1.59. The quantitative estimate of drug-likeness (QED) is 0.646. The van der Waals surface area contributed by atoms with E-state index in [0.29, 0.717) is 17.5 Å². The van der Waals surface area contributed by atoms with E-state index in [4.69, 9.17) is 5.73 Å². The summed E-state index contributed by atoms with van der Waals surface area (Å²) in [6, 6.07) is 17.4. The van der Waals surface area contributed by atoms with Crippen LogP contribution < -0.4 is 11.1 Å². The second-order valence-corrected chi connectivity index (χ2v) is 9.93. The Kier molecular flexibility index (Phi) is 4.72. The van der Waals surface area contributed by atoms with Crippen molar-refractivity contribution < 1.29 is 4.79 Å². The molecule has 1 aliphatic heterocycles. The molecule has 1 aliphatic carbocycles. The first-order valence-corrected chi connectivity index (χ1v) is 11.5. The standard InChI is InChI=1S/C25H28N2OS/c1-16-19-6-3-5-9-22(19)29-23(16)14-17-10-11-18-15-25(17,12-13-27-18)21-8-4-2-7-20(21)24(26)28/h2-9,17-18,27H,10-15H2,1H3,(H2,26,28). The maximum Gasteiger partial charge on any atom is 0.248 e. The van der Waals surface area contributed by atoms with Crippen LogP contribution >= 0.6 is 11.3 Å². The van der Waals surface area contributed by atoms with Crippen LogP contribution in [-0.4, -0.2) is 18.5 Å². The van der Waals surface area contributed by atoms with Crippen molar-refractivity contribution in [3.05, 3.63) is 70.1 Å². The van der Waals surface area contributed by atoms with Gasteiger partial charge in [0.2, 0.25) is 5.91 Å². The molecule has 3 aromatic rings. The maximum atomic E-state index is 12.3. The van der Waals surface area contributed by atoms with Crippen molar-refractivity contribution in [3.8, 4) is 0 Å². The Morgan fingerprint density at radius 3 is 2.79 bits per heavy atom. The number of rotatable bonds is 4. The van der Waals surface area contributed by atoms with Gasteiger partial charge < -0.3 is 11.1 Å². The van der Waals surface area contributed by atoms with Crippen LogP contribution in [0.4, 0.5) is 0 Å². The fourth-order valence-electron chi connectivity index (χ4n) is 5.90. The van der Waals surface area contributed by atoms with Gasteiger partial charge in [0.15, 0.2) is 0 Å². The van der Waals surface area contributed by atoms with E-state index in [0.717, 1.165) is 25.8 Å². The Hall–Kier alpha value is -2.17. The molecule has 2 aliphatic rings. The van der Waals surface area contributed by atoms with Gasteiger partial charge in [-0.15, -0.1) is 11.3 Å². The number of thiophene rings is 1. The number of benzene rings is 2. The first-order chi connectivity index (χ1) is 14.1. The number of nitrogens with one attached hydrogen (secondary N) is 1. The molecule has 2 bridgehead atoms. The summed E-state index contributed by atoms with van der Waals surface area (Å²) in [5.41, 5.74) is 9.17. The molecule has 2 aromatic carbocycles. The van der Waals surface area contributed by atoms with Crippen molar-refractivity contribution in [2.75, 3.05) is 6.54 Å². The van der Waals surface area contributed by atoms with Crippen LogP contribution in [0.25, 0.3) is 10.1 Å². The Bertz CT molecular complexity index is 1070. The first-order valence-electron chi connectivity index (χ1n) is 10.7. The SMILES string of the molecule is Cc1c(CC2CCC3CC2(c2ccccc2C(N)=O)CCN3)sc2ccccc12. The lowest BCUT2D eigenvalue weighted by Gasteiger charge is -2.52. The molecule has 2 heterocycles. The number of carbonyl (C=O) groups is 1. The molecule has 0 spiro atoms. The van der Waals surface area contributed by atoms with Gasteiger partial charge in [-0.05, 0) is 80.1 Å². The van der Waals surface area contributed by atoms with E-state index in [2.05, 4.69) is 48.6 Å². The molecular formula is C25H28N2OS. The summed E-state index contributed by atoms with van der Waals surface area (Å²) in [5, 5.41) is 5.08. The predicted molar refractivity (Wildman–Crippen MR) is 121 cm³/mol. The molecule has 1 saturated carbocycles. The van der Waals surface area contributed by atoms with Gasteiger partial charge in [-0.1, -0.05) is 36.4 Å². The summed E-state index contributed by atoms with van der Waals surface area (Å²) in [7, 11) is 0. The van der Waals surface area contributed by atoms with E-state index in [1.54, 1.807) is 0 Å². The van der Waals surface area contributed by atoms with Crippen LogP contribution in [0, 0.1) is 12.8 Å². The summed E-state index contributed by atoms with van der Waals surface area (Å²) in [6.07, 6.45) is 5.67. The molecule has 29 heavy (non-hydrogen) atoms. The molecule has 0 radical (unpaired) electrons. The zero-order valence-corrected chi connectivity index (χ0v) is 17.7. The lowest BCUT2D eigenvalue weighted by molar-refractivity contribution is 0.0954. The molecule has 3 N–H and O–H groups in total. The van der Waals surface area contributed by atoms with Crippen LogP contribution in [0.2, 0.25) is 0 Å². The number of hydrogen-bond acceptors (Lipinski definition) is 3. The van der Waals surface area contributed by atoms with Crippen molar-refractivity contribution in [2.45, 2.75) is 50.5 Å². The van der Waals surface area contributed by atoms with Crippen molar-refractivity contribution in [1.29, 1.82) is 0 Å². The highest BCUT2D eigenvalue weighted by atomic mass is 32.1. The van der Waals surface area contributed by atoms with Gasteiger partial charge in [-0.3, -0.25) is 4.79 Å². The van der Waals surface area contributed by atoms with Crippen LogP contribution in [-0.2, 0) is 11.8 Å². The fourth-order valence-corrected chi connectivity index (χ4v) is 7.20. The van der Waals surface area contributed by atoms with Gasteiger partial charge in [0.05, 0.1) is 0 Å². The van der Waals surface area contributed by atoms with Crippen LogP contribution in [0.3, 0.4) is 0 Å². The Morgan fingerprint density at radius 1 is 1.17 bits per heavy atom. The molecule has 5 rings (SSSR count). The topological polar surface area (TPSA) is 55.1 Å². The minimum absolute atomic E-state index is 0.0302. The average Bonchev–Trinajstić information content (AvgIpc) is 3.06. The summed E-state index contributed by atoms with van der Waals surface area (Å²) in [5.74, 6) is 0.237. The molecule has 1 aromatic heterocycles. The maximum absolute atomic E-state index is 12.3. The number of hydrogen-bond donors (Lipinski definition) is 2. The molecule has 1 amide bonds. The lowest BCUT2D eigenvalue weighted by atomic mass is 9.56. The third kappa shape index (κ3) is 3.10. The molecule has 4 heteroatoms. The van der Waals surface area contributed by atoms with Crippen molar-refractivity contribution in [2.24, 2.45) is 11.7 Å². The van der Waals surface area contributed by atoms with E-state index >= 15 is 0 Å². The van der Waals surface area contributed by atoms with Gasteiger partial charge >= 0.3 is 0 Å². The largest absolute Gasteiger partial charge is 0.366 e. The van der Waals surface area contributed by atoms with Gasteiger partial charge in [0, 0.05) is 26.6 Å². The normalized spacial score (nSPS) is 26.5. The third-order valence-electron chi connectivity index (χ3n) is 7.36. The van der Waals surface area contributed by atoms with Gasteiger partial charge in [-0.2, -0.15) is 0 Å². The van der Waals surface area contributed by atoms with Crippen LogP contribution in [0.5, 0.6) is 0 Å². The van der Waals surface area contributed by atoms with Gasteiger partial charge in [0.25, 0.3) is 0 Å². The summed E-state index contributed by atoms with van der Waals surface area (Å²) in [6.45, 7) is 3.28. The van der Waals surface area contributed by atoms with E-state index in [-0.39, 0.29) is 11.3 Å². The zero-order valence-electron chi connectivity index (χ0n) is 16.9. The van der Waals surface area contributed by atoms with Crippen LogP contribution in [0.15, 0.2) is 48.5 Å². The number of carbonyl (C=O) groups excluding carboxylic acids is 1. The Morgan fingerprint density at radius 2 is 1.97 bits per heavy atom. The Labute approximate surface area is 176 Å². The van der Waals surface area contributed by atoms with E-state index in [9.17, 15) is 4.79 Å². The zero-order chi connectivity index (χ0) is 20.0. The lowest BCUT2D eigenvalue weighted by Crippen LogP contribution is -2.54. The monoisotopic (exact) mass is 404 g/mol. The van der Waals surface area contributed by atoms with Crippen molar-refractivity contribution in [1.82, 2.24) is 5.32 Å². The number of fused-ring (bicyclic) bond motifs is 3. The van der Waals surface area contributed by atoms with Gasteiger partial charge in [0.1, 0.15) is 0 Å². The van der Waals surface area contributed by atoms with Crippen molar-refractivity contribution >= 4 is 27.3 Å². The highest BCUT2D eigenvalue weighted by Crippen LogP contribution is 2.51. The van der Waals surface area contributed by atoms with Crippen LogP contribution in [0.1, 0.15) is 52.0 Å². The number of aryl methyl sites for hydroxylation is 1. The molecule has 3 atom stereocenters. The summed E-state index contributed by atoms with van der Waals surface area (Å²) in [4.78, 5) is 13.8. The first kappa shape index (κ1) is 18.8. The highest BCUT2D eigenvalue weighted by Gasteiger charge is 2.48. The predicted octanol–water partition coefficient (Wildman–Crippen LogP) is 4.95. The molecule has 2 fully saturated rings. The third-order valence-corrected chi connectivity index (χ3v) is 8.66. The number of nitrogens with two attached hydrogens (primary N) is 1. The second-order valence-electron chi connectivity index (χ2n) is 8.80. The minimum atomic E-state index is -0.299. The molecule has 3 unspecified atom stereocenters. The molecule has 3 nitrogen and oxygen atoms in total. The number of primary amides is 1. The van der Waals surface area contributed by atoms with E-state index in [1.165, 1.54) is 38.9 Å².